The van der Waals surface area contributed by atoms with Crippen LogP contribution in [0.4, 0.5) is 0 Å². The number of hydrogen-bond acceptors (Lipinski definition) is 6. The van der Waals surface area contributed by atoms with Gasteiger partial charge in [0, 0.05) is 19.3 Å². The number of hydrogen-bond donors (Lipinski definition) is 0. The first-order chi connectivity index (χ1) is 32.5. The van der Waals surface area contributed by atoms with Crippen LogP contribution in [0.1, 0.15) is 348 Å². The van der Waals surface area contributed by atoms with E-state index in [2.05, 4.69) is 20.8 Å². The fourth-order valence-corrected chi connectivity index (χ4v) is 9.33. The average Bonchev–Trinajstić information content (AvgIpc) is 3.31. The second-order valence-corrected chi connectivity index (χ2v) is 20.6. The second-order valence-electron chi connectivity index (χ2n) is 20.6. The molecule has 0 aromatic heterocycles. The van der Waals surface area contributed by atoms with Gasteiger partial charge >= 0.3 is 17.9 Å². The second kappa shape index (κ2) is 56.0. The minimum absolute atomic E-state index is 0.0610. The van der Waals surface area contributed by atoms with E-state index in [0.717, 1.165) is 57.8 Å². The maximum absolute atomic E-state index is 12.9. The highest BCUT2D eigenvalue weighted by molar-refractivity contribution is 5.71. The van der Waals surface area contributed by atoms with Gasteiger partial charge in [0.05, 0.1) is 0 Å². The van der Waals surface area contributed by atoms with Gasteiger partial charge < -0.3 is 14.2 Å². The summed E-state index contributed by atoms with van der Waals surface area (Å²) in [6.07, 6.45) is 62.4. The maximum Gasteiger partial charge on any atom is 0.306 e. The molecule has 0 spiro atoms. The Morgan fingerprint density at radius 3 is 0.606 bits per heavy atom. The lowest BCUT2D eigenvalue weighted by Gasteiger charge is -2.18. The smallest absolute Gasteiger partial charge is 0.306 e. The van der Waals surface area contributed by atoms with Crippen LogP contribution < -0.4 is 0 Å². The number of rotatable bonds is 56. The third-order valence-corrected chi connectivity index (χ3v) is 13.9. The van der Waals surface area contributed by atoms with Crippen LogP contribution in [0.2, 0.25) is 0 Å². The standard InChI is InChI=1S/C60H116O6/c1-4-7-10-13-16-19-22-24-26-28-30-32-33-35-38-41-44-47-50-53-59(62)65-56-57(55-64-58(61)52-49-46-43-40-37-21-18-15-12-9-6-3)66-60(63)54-51-48-45-42-39-36-34-31-29-27-25-23-20-17-14-11-8-5-2/h57H,4-56H2,1-3H3/t57-/m1/s1. The molecule has 0 amide bonds. The highest BCUT2D eigenvalue weighted by atomic mass is 16.6. The summed E-state index contributed by atoms with van der Waals surface area (Å²) in [7, 11) is 0. The zero-order valence-corrected chi connectivity index (χ0v) is 45.0. The van der Waals surface area contributed by atoms with Gasteiger partial charge in [-0.3, -0.25) is 14.4 Å². The van der Waals surface area contributed by atoms with Gasteiger partial charge in [-0.05, 0) is 19.3 Å². The molecule has 0 saturated carbocycles. The Balaban J connectivity index is 4.23. The summed E-state index contributed by atoms with van der Waals surface area (Å²) in [5.41, 5.74) is 0. The lowest BCUT2D eigenvalue weighted by Crippen LogP contribution is -2.30. The molecule has 1 atom stereocenters. The number of ether oxygens (including phenoxy) is 3. The minimum atomic E-state index is -0.761. The fraction of sp³-hybridized carbons (Fsp3) is 0.950. The topological polar surface area (TPSA) is 78.9 Å². The van der Waals surface area contributed by atoms with Crippen LogP contribution in [-0.2, 0) is 28.6 Å². The van der Waals surface area contributed by atoms with Gasteiger partial charge in [-0.2, -0.15) is 0 Å². The molecule has 0 aliphatic rings. The van der Waals surface area contributed by atoms with E-state index in [9.17, 15) is 14.4 Å². The van der Waals surface area contributed by atoms with Gasteiger partial charge in [0.25, 0.3) is 0 Å². The summed E-state index contributed by atoms with van der Waals surface area (Å²) in [5, 5.41) is 0. The highest BCUT2D eigenvalue weighted by Crippen LogP contribution is 2.18. The van der Waals surface area contributed by atoms with E-state index >= 15 is 0 Å². The van der Waals surface area contributed by atoms with Crippen molar-refractivity contribution in [2.75, 3.05) is 13.2 Å². The van der Waals surface area contributed by atoms with E-state index in [1.54, 1.807) is 0 Å². The van der Waals surface area contributed by atoms with E-state index in [1.807, 2.05) is 0 Å². The molecule has 0 unspecified atom stereocenters. The van der Waals surface area contributed by atoms with E-state index in [1.165, 1.54) is 250 Å². The molecule has 392 valence electrons. The predicted octanol–water partition coefficient (Wildman–Crippen LogP) is 19.9. The molecule has 0 fully saturated rings. The van der Waals surface area contributed by atoms with Crippen molar-refractivity contribution in [1.29, 1.82) is 0 Å². The molecule has 0 radical (unpaired) electrons. The molecule has 0 aromatic rings. The highest BCUT2D eigenvalue weighted by Gasteiger charge is 2.19. The third kappa shape index (κ3) is 53.4. The summed E-state index contributed by atoms with van der Waals surface area (Å²) >= 11 is 0. The summed E-state index contributed by atoms with van der Waals surface area (Å²) < 4.78 is 16.9. The number of carbonyl (C=O) groups excluding carboxylic acids is 3. The van der Waals surface area contributed by atoms with Gasteiger partial charge in [-0.1, -0.05) is 310 Å². The zero-order valence-electron chi connectivity index (χ0n) is 45.0. The van der Waals surface area contributed by atoms with Crippen molar-refractivity contribution < 1.29 is 28.6 Å². The lowest BCUT2D eigenvalue weighted by atomic mass is 10.0. The Kier molecular flexibility index (Phi) is 54.7. The van der Waals surface area contributed by atoms with Crippen LogP contribution in [0.5, 0.6) is 0 Å². The SMILES string of the molecule is CCCCCCCCCCCCCCCCCCCCCC(=O)OC[C@@H](COC(=O)CCCCCCCCCCCCC)OC(=O)CCCCCCCCCCCCCCCCCCCC. The van der Waals surface area contributed by atoms with Crippen LogP contribution in [0.3, 0.4) is 0 Å². The van der Waals surface area contributed by atoms with Crippen molar-refractivity contribution in [3.8, 4) is 0 Å². The average molecular weight is 934 g/mol. The van der Waals surface area contributed by atoms with Crippen LogP contribution in [0.15, 0.2) is 0 Å². The summed E-state index contributed by atoms with van der Waals surface area (Å²) in [4.78, 5) is 38.1. The third-order valence-electron chi connectivity index (χ3n) is 13.9. The molecule has 66 heavy (non-hydrogen) atoms. The Labute approximate surface area is 412 Å². The molecular formula is C60H116O6. The van der Waals surface area contributed by atoms with Crippen molar-refractivity contribution in [3.63, 3.8) is 0 Å². The van der Waals surface area contributed by atoms with E-state index in [4.69, 9.17) is 14.2 Å². The Hall–Kier alpha value is -1.59. The normalized spacial score (nSPS) is 11.9. The van der Waals surface area contributed by atoms with Gasteiger partial charge in [-0.25, -0.2) is 0 Å². The van der Waals surface area contributed by atoms with Crippen molar-refractivity contribution in [2.24, 2.45) is 0 Å². The van der Waals surface area contributed by atoms with Crippen LogP contribution in [0.25, 0.3) is 0 Å². The molecular weight excluding hydrogens is 817 g/mol. The number of unbranched alkanes of at least 4 members (excludes halogenated alkanes) is 45. The first-order valence-electron chi connectivity index (χ1n) is 30.0. The molecule has 0 bridgehead atoms. The van der Waals surface area contributed by atoms with Crippen LogP contribution in [-0.4, -0.2) is 37.2 Å². The molecule has 6 heteroatoms. The fourth-order valence-electron chi connectivity index (χ4n) is 9.33. The first kappa shape index (κ1) is 64.4. The van der Waals surface area contributed by atoms with E-state index < -0.39 is 6.10 Å². The molecule has 0 aliphatic heterocycles. The molecule has 0 rings (SSSR count). The monoisotopic (exact) mass is 933 g/mol. The van der Waals surface area contributed by atoms with Crippen molar-refractivity contribution in [3.05, 3.63) is 0 Å². The van der Waals surface area contributed by atoms with Gasteiger partial charge in [0.2, 0.25) is 0 Å². The molecule has 0 saturated heterocycles. The predicted molar refractivity (Wildman–Crippen MR) is 284 cm³/mol. The summed E-state index contributed by atoms with van der Waals surface area (Å²) in [6, 6.07) is 0. The van der Waals surface area contributed by atoms with Gasteiger partial charge in [-0.15, -0.1) is 0 Å². The molecule has 0 aromatic carbocycles. The molecule has 0 N–H and O–H groups in total. The van der Waals surface area contributed by atoms with Gasteiger partial charge in [0.15, 0.2) is 6.10 Å². The van der Waals surface area contributed by atoms with E-state index in [-0.39, 0.29) is 31.1 Å². The summed E-state index contributed by atoms with van der Waals surface area (Å²) in [5.74, 6) is -0.831. The van der Waals surface area contributed by atoms with E-state index in [0.29, 0.717) is 19.3 Å². The first-order valence-corrected chi connectivity index (χ1v) is 30.0. The maximum atomic E-state index is 12.9. The number of esters is 3. The number of carbonyl (C=O) groups is 3. The minimum Gasteiger partial charge on any atom is -0.462 e. The quantitative estimate of drug-likeness (QED) is 0.0343. The molecule has 0 aliphatic carbocycles. The summed E-state index contributed by atoms with van der Waals surface area (Å²) in [6.45, 7) is 6.71. The zero-order chi connectivity index (χ0) is 47.9. The Morgan fingerprint density at radius 1 is 0.242 bits per heavy atom. The lowest BCUT2D eigenvalue weighted by molar-refractivity contribution is -0.167. The molecule has 0 heterocycles. The van der Waals surface area contributed by atoms with Crippen LogP contribution in [0, 0.1) is 0 Å². The Morgan fingerprint density at radius 2 is 0.409 bits per heavy atom. The van der Waals surface area contributed by atoms with Gasteiger partial charge in [0.1, 0.15) is 13.2 Å². The van der Waals surface area contributed by atoms with Crippen LogP contribution >= 0.6 is 0 Å². The van der Waals surface area contributed by atoms with Crippen molar-refractivity contribution >= 4 is 17.9 Å². The Bertz CT molecular complexity index is 982. The van der Waals surface area contributed by atoms with Crippen molar-refractivity contribution in [1.82, 2.24) is 0 Å². The molecule has 6 nitrogen and oxygen atoms in total. The van der Waals surface area contributed by atoms with Crippen molar-refractivity contribution in [2.45, 2.75) is 354 Å². The largest absolute Gasteiger partial charge is 0.462 e.